The van der Waals surface area contributed by atoms with Crippen molar-refractivity contribution in [3.05, 3.63) is 88.6 Å². The summed E-state index contributed by atoms with van der Waals surface area (Å²) in [6.07, 6.45) is 1.12. The van der Waals surface area contributed by atoms with Gasteiger partial charge in [-0.05, 0) is 111 Å². The number of nitrogens with zero attached hydrogens (tertiary/aromatic N) is 1. The van der Waals surface area contributed by atoms with Crippen molar-refractivity contribution >= 4 is 17.3 Å². The third-order valence-electron chi connectivity index (χ3n) is 7.83. The SMILES string of the molecule is C/C(=C1/CC2CCC1CC2NC(=O)c1cnc(N)c(C)c1)c1cccc(Oc2ccc(C(F)(F)F)cc2)c1. The summed E-state index contributed by atoms with van der Waals surface area (Å²) in [7, 11) is 0. The van der Waals surface area contributed by atoms with Crippen molar-refractivity contribution in [1.29, 1.82) is 0 Å². The first-order valence-corrected chi connectivity index (χ1v) is 12.8. The molecule has 2 aromatic carbocycles. The molecular formula is C30H30F3N3O2. The maximum atomic E-state index is 12.9. The van der Waals surface area contributed by atoms with E-state index in [0.29, 0.717) is 34.7 Å². The summed E-state index contributed by atoms with van der Waals surface area (Å²) in [4.78, 5) is 17.0. The van der Waals surface area contributed by atoms with E-state index in [1.54, 1.807) is 12.1 Å². The number of benzene rings is 2. The van der Waals surface area contributed by atoms with Gasteiger partial charge in [0.2, 0.25) is 0 Å². The van der Waals surface area contributed by atoms with Crippen LogP contribution in [0.25, 0.3) is 5.57 Å². The molecule has 3 saturated carbocycles. The summed E-state index contributed by atoms with van der Waals surface area (Å²) in [5, 5.41) is 3.23. The molecule has 3 aliphatic rings. The van der Waals surface area contributed by atoms with E-state index in [1.807, 2.05) is 25.1 Å². The minimum atomic E-state index is -4.38. The predicted molar refractivity (Wildman–Crippen MR) is 141 cm³/mol. The van der Waals surface area contributed by atoms with Crippen molar-refractivity contribution < 1.29 is 22.7 Å². The molecule has 3 unspecified atom stereocenters. The summed E-state index contributed by atoms with van der Waals surface area (Å²) in [6.45, 7) is 3.95. The molecule has 1 heterocycles. The molecule has 8 heteroatoms. The molecule has 2 bridgehead atoms. The smallest absolute Gasteiger partial charge is 0.416 e. The zero-order valence-corrected chi connectivity index (χ0v) is 21.3. The number of aryl methyl sites for hydroxylation is 1. The molecule has 0 aliphatic heterocycles. The Morgan fingerprint density at radius 3 is 2.47 bits per heavy atom. The van der Waals surface area contributed by atoms with Gasteiger partial charge in [-0.2, -0.15) is 13.2 Å². The van der Waals surface area contributed by atoms with Gasteiger partial charge in [0.25, 0.3) is 5.91 Å². The van der Waals surface area contributed by atoms with Crippen molar-refractivity contribution in [2.24, 2.45) is 11.8 Å². The van der Waals surface area contributed by atoms with Gasteiger partial charge in [0.15, 0.2) is 0 Å². The van der Waals surface area contributed by atoms with E-state index in [9.17, 15) is 18.0 Å². The van der Waals surface area contributed by atoms with Gasteiger partial charge >= 0.3 is 6.18 Å². The van der Waals surface area contributed by atoms with Crippen molar-refractivity contribution in [3.63, 3.8) is 0 Å². The monoisotopic (exact) mass is 521 g/mol. The van der Waals surface area contributed by atoms with Crippen LogP contribution in [0.15, 0.2) is 66.4 Å². The Balaban J connectivity index is 1.28. The Hall–Kier alpha value is -3.81. The van der Waals surface area contributed by atoms with Crippen LogP contribution in [-0.4, -0.2) is 16.9 Å². The number of rotatable bonds is 5. The molecule has 3 fully saturated rings. The standard InChI is InChI=1S/C30H30F3N3O2/c1-17-12-22(16-35-28(17)34)29(37)36-27-15-20-6-7-21(27)14-26(20)18(2)19-4-3-5-25(13-19)38-24-10-8-23(9-11-24)30(31,32)33/h3-5,8-13,16,20-21,27H,6-7,14-15H2,1-2H3,(H2,34,35)(H,36,37)/b26-18+. The van der Waals surface area contributed by atoms with Gasteiger partial charge in [0, 0.05) is 12.2 Å². The minimum Gasteiger partial charge on any atom is -0.457 e. The van der Waals surface area contributed by atoms with Crippen molar-refractivity contribution in [2.45, 2.75) is 51.7 Å². The lowest BCUT2D eigenvalue weighted by Crippen LogP contribution is -2.48. The fraction of sp³-hybridized carbons (Fsp3) is 0.333. The number of carbonyl (C=O) groups is 1. The second kappa shape index (κ2) is 10.2. The Bertz CT molecular complexity index is 1380. The number of anilines is 1. The van der Waals surface area contributed by atoms with Gasteiger partial charge in [0.1, 0.15) is 17.3 Å². The lowest BCUT2D eigenvalue weighted by molar-refractivity contribution is -0.137. The highest BCUT2D eigenvalue weighted by Gasteiger charge is 2.40. The van der Waals surface area contributed by atoms with Gasteiger partial charge < -0.3 is 15.8 Å². The van der Waals surface area contributed by atoms with Crippen LogP contribution in [0.5, 0.6) is 11.5 Å². The molecule has 5 nitrogen and oxygen atoms in total. The summed E-state index contributed by atoms with van der Waals surface area (Å²) >= 11 is 0. The number of nitrogens with one attached hydrogen (secondary N) is 1. The molecule has 1 aromatic heterocycles. The Labute approximate surface area is 219 Å². The fourth-order valence-corrected chi connectivity index (χ4v) is 5.67. The summed E-state index contributed by atoms with van der Waals surface area (Å²) < 4.78 is 44.4. The number of aromatic nitrogens is 1. The van der Waals surface area contributed by atoms with E-state index < -0.39 is 11.7 Å². The van der Waals surface area contributed by atoms with Crippen LogP contribution in [0.3, 0.4) is 0 Å². The van der Waals surface area contributed by atoms with Gasteiger partial charge in [-0.15, -0.1) is 0 Å². The van der Waals surface area contributed by atoms with E-state index in [2.05, 4.69) is 17.2 Å². The number of allylic oxidation sites excluding steroid dienone is 2. The first kappa shape index (κ1) is 25.8. The van der Waals surface area contributed by atoms with E-state index in [0.717, 1.165) is 48.9 Å². The second-order valence-corrected chi connectivity index (χ2v) is 10.3. The Morgan fingerprint density at radius 2 is 1.82 bits per heavy atom. The zero-order chi connectivity index (χ0) is 27.0. The highest BCUT2D eigenvalue weighted by Crippen LogP contribution is 2.47. The van der Waals surface area contributed by atoms with Crippen molar-refractivity contribution in [2.75, 3.05) is 5.73 Å². The molecule has 1 amide bonds. The first-order valence-electron chi connectivity index (χ1n) is 12.8. The summed E-state index contributed by atoms with van der Waals surface area (Å²) in [5.74, 6) is 1.98. The Kier molecular flexibility index (Phi) is 6.90. The number of carbonyl (C=O) groups excluding carboxylic acids is 1. The molecular weight excluding hydrogens is 491 g/mol. The molecule has 3 N–H and O–H groups in total. The average Bonchev–Trinajstić information content (AvgIpc) is 2.90. The van der Waals surface area contributed by atoms with Crippen LogP contribution in [0.4, 0.5) is 19.0 Å². The zero-order valence-electron chi connectivity index (χ0n) is 21.3. The molecule has 3 aliphatic carbocycles. The highest BCUT2D eigenvalue weighted by atomic mass is 19.4. The van der Waals surface area contributed by atoms with Crippen molar-refractivity contribution in [3.8, 4) is 11.5 Å². The molecule has 38 heavy (non-hydrogen) atoms. The van der Waals surface area contributed by atoms with Crippen LogP contribution >= 0.6 is 0 Å². The molecule has 3 aromatic rings. The molecule has 0 spiro atoms. The fourth-order valence-electron chi connectivity index (χ4n) is 5.67. The van der Waals surface area contributed by atoms with Gasteiger partial charge in [-0.3, -0.25) is 4.79 Å². The van der Waals surface area contributed by atoms with Crippen LogP contribution in [-0.2, 0) is 6.18 Å². The van der Waals surface area contributed by atoms with Gasteiger partial charge in [0.05, 0.1) is 11.1 Å². The Morgan fingerprint density at radius 1 is 1.05 bits per heavy atom. The predicted octanol–water partition coefficient (Wildman–Crippen LogP) is 7.18. The van der Waals surface area contributed by atoms with E-state index in [1.165, 1.54) is 29.5 Å². The number of fused-ring (bicyclic) bond motifs is 3. The molecule has 6 rings (SSSR count). The first-order chi connectivity index (χ1) is 18.1. The highest BCUT2D eigenvalue weighted by molar-refractivity contribution is 5.94. The van der Waals surface area contributed by atoms with Crippen LogP contribution in [0, 0.1) is 18.8 Å². The molecule has 198 valence electrons. The van der Waals surface area contributed by atoms with Crippen LogP contribution in [0.2, 0.25) is 0 Å². The maximum absolute atomic E-state index is 12.9. The number of nitrogens with two attached hydrogens (primary N) is 1. The topological polar surface area (TPSA) is 77.2 Å². The molecule has 3 atom stereocenters. The minimum absolute atomic E-state index is 0.116. The summed E-state index contributed by atoms with van der Waals surface area (Å²) in [5.41, 5.74) is 10.0. The largest absolute Gasteiger partial charge is 0.457 e. The van der Waals surface area contributed by atoms with Crippen LogP contribution < -0.4 is 15.8 Å². The van der Waals surface area contributed by atoms with E-state index >= 15 is 0 Å². The lowest BCUT2D eigenvalue weighted by Gasteiger charge is -2.45. The lowest BCUT2D eigenvalue weighted by atomic mass is 9.64. The van der Waals surface area contributed by atoms with Crippen LogP contribution in [0.1, 0.15) is 59.7 Å². The van der Waals surface area contributed by atoms with Gasteiger partial charge in [-0.25, -0.2) is 4.98 Å². The number of nitrogen functional groups attached to an aromatic ring is 1. The number of pyridine rings is 1. The number of hydrogen-bond acceptors (Lipinski definition) is 4. The average molecular weight is 522 g/mol. The number of alkyl halides is 3. The maximum Gasteiger partial charge on any atom is 0.416 e. The molecule has 0 saturated heterocycles. The molecule has 0 radical (unpaired) electrons. The van der Waals surface area contributed by atoms with E-state index in [4.69, 9.17) is 10.5 Å². The van der Waals surface area contributed by atoms with Crippen molar-refractivity contribution in [1.82, 2.24) is 10.3 Å². The number of amides is 1. The number of halogens is 3. The third kappa shape index (κ3) is 5.39. The van der Waals surface area contributed by atoms with Gasteiger partial charge in [-0.1, -0.05) is 17.7 Å². The second-order valence-electron chi connectivity index (χ2n) is 10.3. The third-order valence-corrected chi connectivity index (χ3v) is 7.83. The quantitative estimate of drug-likeness (QED) is 0.373. The number of ether oxygens (including phenoxy) is 1. The number of hydrogen-bond donors (Lipinski definition) is 2. The normalized spacial score (nSPS) is 22.2. The summed E-state index contributed by atoms with van der Waals surface area (Å²) in [6, 6.07) is 14.2. The van der Waals surface area contributed by atoms with E-state index in [-0.39, 0.29) is 11.9 Å².